The number of carbonyl (C=O) groups is 2. The van der Waals surface area contributed by atoms with Crippen LogP contribution in [-0.4, -0.2) is 67.3 Å². The molecule has 2 fully saturated rings. The van der Waals surface area contributed by atoms with Crippen molar-refractivity contribution in [1.29, 1.82) is 0 Å². The first-order valence-corrected chi connectivity index (χ1v) is 8.79. The van der Waals surface area contributed by atoms with Gasteiger partial charge in [0, 0.05) is 26.2 Å². The van der Waals surface area contributed by atoms with Gasteiger partial charge in [-0.25, -0.2) is 4.79 Å². The van der Waals surface area contributed by atoms with Crippen LogP contribution in [0.3, 0.4) is 0 Å². The second kappa shape index (κ2) is 8.52. The smallest absolute Gasteiger partial charge is 0.320 e. The van der Waals surface area contributed by atoms with Crippen LogP contribution >= 0.6 is 0 Å². The van der Waals surface area contributed by atoms with Gasteiger partial charge in [-0.15, -0.1) is 0 Å². The van der Waals surface area contributed by atoms with Crippen molar-refractivity contribution in [3.05, 3.63) is 0 Å². The van der Waals surface area contributed by atoms with Gasteiger partial charge in [0.05, 0.1) is 25.2 Å². The summed E-state index contributed by atoms with van der Waals surface area (Å²) in [6.45, 7) is 10.0. The zero-order valence-corrected chi connectivity index (χ0v) is 14.6. The van der Waals surface area contributed by atoms with E-state index < -0.39 is 0 Å². The second-order valence-corrected chi connectivity index (χ2v) is 7.02. The molecule has 0 bridgehead atoms. The number of likely N-dealkylation sites (tertiary alicyclic amines) is 1. The molecule has 6 heteroatoms. The summed E-state index contributed by atoms with van der Waals surface area (Å²) in [6.07, 6.45) is 2.25. The van der Waals surface area contributed by atoms with E-state index in [0.29, 0.717) is 58.2 Å². The maximum atomic E-state index is 12.4. The normalized spacial score (nSPS) is 21.4. The number of ether oxygens (including phenoxy) is 2. The van der Waals surface area contributed by atoms with Crippen molar-refractivity contribution in [2.24, 2.45) is 11.8 Å². The highest BCUT2D eigenvalue weighted by molar-refractivity contribution is 5.76. The molecule has 0 aliphatic carbocycles. The number of piperidine rings is 1. The maximum absolute atomic E-state index is 12.4. The summed E-state index contributed by atoms with van der Waals surface area (Å²) in [5.74, 6) is 0.348. The fraction of sp³-hybridized carbons (Fsp3) is 0.882. The largest absolute Gasteiger partial charge is 0.462 e. The zero-order chi connectivity index (χ0) is 16.8. The Labute approximate surface area is 139 Å². The standard InChI is InChI=1S/C17H30N2O4/c1-13(2)12-14(3)23-16(20)15-4-6-18(7-5-15)17(21)19-8-10-22-11-9-19/h13-15H,4-12H2,1-3H3/t14-/m1/s1. The lowest BCUT2D eigenvalue weighted by molar-refractivity contribution is -0.155. The predicted molar refractivity (Wildman–Crippen MR) is 87.1 cm³/mol. The Bertz CT molecular complexity index is 399. The van der Waals surface area contributed by atoms with E-state index in [1.807, 2.05) is 16.7 Å². The van der Waals surface area contributed by atoms with Crippen molar-refractivity contribution in [3.63, 3.8) is 0 Å². The lowest BCUT2D eigenvalue weighted by Gasteiger charge is -2.36. The monoisotopic (exact) mass is 326 g/mol. The van der Waals surface area contributed by atoms with Crippen LogP contribution in [0, 0.1) is 11.8 Å². The Morgan fingerprint density at radius 1 is 1.04 bits per heavy atom. The van der Waals surface area contributed by atoms with E-state index >= 15 is 0 Å². The molecule has 2 rings (SSSR count). The molecule has 0 N–H and O–H groups in total. The molecule has 1 atom stereocenters. The minimum atomic E-state index is -0.100. The molecule has 0 spiro atoms. The molecule has 0 aromatic rings. The summed E-state index contributed by atoms with van der Waals surface area (Å²) in [5.41, 5.74) is 0. The molecule has 2 aliphatic rings. The fourth-order valence-corrected chi connectivity index (χ4v) is 3.27. The number of morpholine rings is 1. The topological polar surface area (TPSA) is 59.1 Å². The quantitative estimate of drug-likeness (QED) is 0.743. The van der Waals surface area contributed by atoms with Crippen LogP contribution in [-0.2, 0) is 14.3 Å². The van der Waals surface area contributed by atoms with E-state index in [9.17, 15) is 9.59 Å². The van der Waals surface area contributed by atoms with E-state index in [0.717, 1.165) is 6.42 Å². The summed E-state index contributed by atoms with van der Waals surface area (Å²) >= 11 is 0. The lowest BCUT2D eigenvalue weighted by atomic mass is 9.97. The van der Waals surface area contributed by atoms with Crippen LogP contribution in [0.25, 0.3) is 0 Å². The van der Waals surface area contributed by atoms with E-state index in [1.165, 1.54) is 0 Å². The van der Waals surface area contributed by atoms with Crippen molar-refractivity contribution in [2.45, 2.75) is 46.1 Å². The van der Waals surface area contributed by atoms with Gasteiger partial charge < -0.3 is 19.3 Å². The molecule has 0 radical (unpaired) electrons. The number of rotatable bonds is 4. The Morgan fingerprint density at radius 3 is 2.17 bits per heavy atom. The van der Waals surface area contributed by atoms with E-state index in [1.54, 1.807) is 0 Å². The lowest BCUT2D eigenvalue weighted by Crippen LogP contribution is -2.51. The highest BCUT2D eigenvalue weighted by atomic mass is 16.5. The number of esters is 1. The fourth-order valence-electron chi connectivity index (χ4n) is 3.27. The Balaban J connectivity index is 1.74. The summed E-state index contributed by atoms with van der Waals surface area (Å²) in [5, 5.41) is 0. The highest BCUT2D eigenvalue weighted by Gasteiger charge is 2.31. The summed E-state index contributed by atoms with van der Waals surface area (Å²) in [7, 11) is 0. The van der Waals surface area contributed by atoms with Crippen molar-refractivity contribution in [1.82, 2.24) is 9.80 Å². The van der Waals surface area contributed by atoms with Crippen molar-refractivity contribution in [2.75, 3.05) is 39.4 Å². The maximum Gasteiger partial charge on any atom is 0.320 e. The van der Waals surface area contributed by atoms with Gasteiger partial charge in [0.2, 0.25) is 0 Å². The SMILES string of the molecule is CC(C)C[C@@H](C)OC(=O)C1CCN(C(=O)N2CCOCC2)CC1. The van der Waals surface area contributed by atoms with Crippen LogP contribution in [0.5, 0.6) is 0 Å². The second-order valence-electron chi connectivity index (χ2n) is 7.02. The number of nitrogens with zero attached hydrogens (tertiary/aromatic N) is 2. The van der Waals surface area contributed by atoms with Crippen molar-refractivity contribution < 1.29 is 19.1 Å². The molecule has 2 aliphatic heterocycles. The molecule has 0 unspecified atom stereocenters. The summed E-state index contributed by atoms with van der Waals surface area (Å²) < 4.78 is 10.8. The molecule has 0 saturated carbocycles. The predicted octanol–water partition coefficient (Wildman–Crippen LogP) is 2.13. The average Bonchev–Trinajstić information content (AvgIpc) is 2.54. The third kappa shape index (κ3) is 5.37. The molecule has 2 saturated heterocycles. The Hall–Kier alpha value is -1.30. The van der Waals surface area contributed by atoms with Crippen LogP contribution in [0.4, 0.5) is 4.79 Å². The molecule has 0 aromatic carbocycles. The van der Waals surface area contributed by atoms with E-state index in [-0.39, 0.29) is 24.0 Å². The number of hydrogen-bond donors (Lipinski definition) is 0. The van der Waals surface area contributed by atoms with Gasteiger partial charge in [0.1, 0.15) is 0 Å². The number of carbonyl (C=O) groups excluding carboxylic acids is 2. The van der Waals surface area contributed by atoms with E-state index in [2.05, 4.69) is 13.8 Å². The Kier molecular flexibility index (Phi) is 6.69. The third-order valence-corrected chi connectivity index (χ3v) is 4.50. The number of urea groups is 1. The van der Waals surface area contributed by atoms with E-state index in [4.69, 9.17) is 9.47 Å². The van der Waals surface area contributed by atoms with Crippen molar-refractivity contribution in [3.8, 4) is 0 Å². The van der Waals surface area contributed by atoms with Crippen LogP contribution < -0.4 is 0 Å². The summed E-state index contributed by atoms with van der Waals surface area (Å²) in [4.78, 5) is 28.3. The first-order chi connectivity index (χ1) is 11.0. The van der Waals surface area contributed by atoms with Gasteiger partial charge in [-0.05, 0) is 32.1 Å². The first-order valence-electron chi connectivity index (χ1n) is 8.79. The molecule has 0 aromatic heterocycles. The van der Waals surface area contributed by atoms with Gasteiger partial charge in [-0.2, -0.15) is 0 Å². The highest BCUT2D eigenvalue weighted by Crippen LogP contribution is 2.21. The summed E-state index contributed by atoms with van der Waals surface area (Å²) in [6, 6.07) is 0.0771. The number of hydrogen-bond acceptors (Lipinski definition) is 4. The molecular formula is C17H30N2O4. The molecule has 23 heavy (non-hydrogen) atoms. The Morgan fingerprint density at radius 2 is 1.61 bits per heavy atom. The minimum absolute atomic E-state index is 0.0319. The minimum Gasteiger partial charge on any atom is -0.462 e. The molecule has 2 amide bonds. The van der Waals surface area contributed by atoms with Gasteiger partial charge in [-0.3, -0.25) is 4.79 Å². The average molecular weight is 326 g/mol. The third-order valence-electron chi connectivity index (χ3n) is 4.50. The van der Waals surface area contributed by atoms with Gasteiger partial charge >= 0.3 is 12.0 Å². The van der Waals surface area contributed by atoms with Crippen LogP contribution in [0.15, 0.2) is 0 Å². The molecule has 6 nitrogen and oxygen atoms in total. The molecule has 132 valence electrons. The number of amides is 2. The first kappa shape index (κ1) is 18.0. The molecule has 2 heterocycles. The van der Waals surface area contributed by atoms with Gasteiger partial charge in [0.25, 0.3) is 0 Å². The van der Waals surface area contributed by atoms with Crippen LogP contribution in [0.1, 0.15) is 40.0 Å². The van der Waals surface area contributed by atoms with Gasteiger partial charge in [0.15, 0.2) is 0 Å². The zero-order valence-electron chi connectivity index (χ0n) is 14.6. The molecular weight excluding hydrogens is 296 g/mol. The van der Waals surface area contributed by atoms with Crippen LogP contribution in [0.2, 0.25) is 0 Å². The van der Waals surface area contributed by atoms with Crippen molar-refractivity contribution >= 4 is 12.0 Å². The van der Waals surface area contributed by atoms with Gasteiger partial charge in [-0.1, -0.05) is 13.8 Å².